The molecule has 2 rings (SSSR count). The lowest BCUT2D eigenvalue weighted by molar-refractivity contribution is -0.180. The fraction of sp³-hybridized carbons (Fsp3) is 0.333. The lowest BCUT2D eigenvalue weighted by atomic mass is 10.1. The van der Waals surface area contributed by atoms with Crippen LogP contribution in [0.25, 0.3) is 6.08 Å². The minimum atomic E-state index is -4.50. The maximum atomic E-state index is 12.5. The highest BCUT2D eigenvalue weighted by Gasteiger charge is 2.41. The van der Waals surface area contributed by atoms with Crippen LogP contribution >= 0.6 is 0 Å². The van der Waals surface area contributed by atoms with Crippen LogP contribution in [0.3, 0.4) is 0 Å². The van der Waals surface area contributed by atoms with E-state index in [2.05, 4.69) is 0 Å². The number of benzene rings is 1. The third kappa shape index (κ3) is 2.66. The molecule has 0 radical (unpaired) electrons. The first-order valence-electron chi connectivity index (χ1n) is 5.60. The molecule has 1 atom stereocenters. The molecule has 0 saturated heterocycles. The average molecular weight is 307 g/mol. The first-order chi connectivity index (χ1) is 9.12. The molecular weight excluding hydrogens is 295 g/mol. The smallest absolute Gasteiger partial charge is 0.429 e. The van der Waals surface area contributed by atoms with Gasteiger partial charge in [0.2, 0.25) is 16.1 Å². The van der Waals surface area contributed by atoms with Gasteiger partial charge in [-0.15, -0.1) is 0 Å². The quantitative estimate of drug-likeness (QED) is 0.842. The Morgan fingerprint density at radius 3 is 2.45 bits per heavy atom. The van der Waals surface area contributed by atoms with Gasteiger partial charge in [-0.05, 0) is 24.3 Å². The first kappa shape index (κ1) is 14.9. The van der Waals surface area contributed by atoms with Crippen LogP contribution in [-0.4, -0.2) is 39.1 Å². The van der Waals surface area contributed by atoms with Gasteiger partial charge < -0.3 is 4.74 Å². The molecule has 0 amide bonds. The fourth-order valence-corrected chi connectivity index (χ4v) is 2.62. The van der Waals surface area contributed by atoms with Crippen molar-refractivity contribution in [2.75, 3.05) is 14.1 Å². The number of ether oxygens (including phenoxy) is 1. The highest BCUT2D eigenvalue weighted by atomic mass is 32.2. The monoisotopic (exact) mass is 307 g/mol. The predicted octanol–water partition coefficient (Wildman–Crippen LogP) is 2.27. The molecule has 1 aliphatic heterocycles. The Kier molecular flexibility index (Phi) is 3.55. The molecule has 1 unspecified atom stereocenters. The van der Waals surface area contributed by atoms with Crippen LogP contribution < -0.4 is 4.74 Å². The summed E-state index contributed by atoms with van der Waals surface area (Å²) in [6.45, 7) is 0. The van der Waals surface area contributed by atoms with E-state index in [1.807, 2.05) is 0 Å². The second kappa shape index (κ2) is 4.78. The maximum absolute atomic E-state index is 12.5. The number of sulfonamides is 1. The largest absolute Gasteiger partial charge is 0.476 e. The molecule has 4 nitrogen and oxygen atoms in total. The fourth-order valence-electron chi connectivity index (χ4n) is 1.68. The Hall–Kier alpha value is -1.54. The van der Waals surface area contributed by atoms with Crippen LogP contribution in [-0.2, 0) is 10.0 Å². The molecule has 0 N–H and O–H groups in total. The Morgan fingerprint density at radius 1 is 1.25 bits per heavy atom. The lowest BCUT2D eigenvalue weighted by Crippen LogP contribution is -2.33. The summed E-state index contributed by atoms with van der Waals surface area (Å²) in [5, 5.41) is 0. The van der Waals surface area contributed by atoms with Gasteiger partial charge in [0.1, 0.15) is 5.75 Å². The molecule has 0 fully saturated rings. The zero-order valence-electron chi connectivity index (χ0n) is 10.7. The van der Waals surface area contributed by atoms with Crippen molar-refractivity contribution in [2.24, 2.45) is 0 Å². The number of hydrogen-bond donors (Lipinski definition) is 0. The van der Waals surface area contributed by atoms with Gasteiger partial charge in [-0.25, -0.2) is 12.7 Å². The third-order valence-corrected chi connectivity index (χ3v) is 4.60. The number of fused-ring (bicyclic) bond motifs is 1. The van der Waals surface area contributed by atoms with Gasteiger partial charge in [0.05, 0.1) is 4.90 Å². The number of rotatable bonds is 2. The Morgan fingerprint density at radius 2 is 1.90 bits per heavy atom. The lowest BCUT2D eigenvalue weighted by Gasteiger charge is -2.24. The van der Waals surface area contributed by atoms with Crippen molar-refractivity contribution in [2.45, 2.75) is 17.2 Å². The van der Waals surface area contributed by atoms with Crippen molar-refractivity contribution in [1.29, 1.82) is 0 Å². The van der Waals surface area contributed by atoms with Crippen molar-refractivity contribution in [1.82, 2.24) is 4.31 Å². The summed E-state index contributed by atoms with van der Waals surface area (Å²) in [6.07, 6.45) is -4.44. The molecule has 1 aromatic carbocycles. The zero-order valence-corrected chi connectivity index (χ0v) is 11.5. The predicted molar refractivity (Wildman–Crippen MR) is 66.8 cm³/mol. The minimum absolute atomic E-state index is 0.0000383. The van der Waals surface area contributed by atoms with Gasteiger partial charge in [0.25, 0.3) is 0 Å². The van der Waals surface area contributed by atoms with E-state index in [1.165, 1.54) is 38.4 Å². The molecule has 0 aromatic heterocycles. The summed E-state index contributed by atoms with van der Waals surface area (Å²) in [5.41, 5.74) is 0.299. The van der Waals surface area contributed by atoms with Crippen LogP contribution in [0.15, 0.2) is 29.2 Å². The van der Waals surface area contributed by atoms with Gasteiger partial charge in [0, 0.05) is 19.7 Å². The molecule has 1 aromatic rings. The Bertz CT molecular complexity index is 650. The van der Waals surface area contributed by atoms with Crippen LogP contribution in [0.2, 0.25) is 0 Å². The molecule has 0 aliphatic carbocycles. The molecule has 110 valence electrons. The van der Waals surface area contributed by atoms with E-state index in [0.29, 0.717) is 5.56 Å². The number of halogens is 3. The van der Waals surface area contributed by atoms with E-state index < -0.39 is 22.3 Å². The van der Waals surface area contributed by atoms with Gasteiger partial charge in [-0.1, -0.05) is 6.08 Å². The van der Waals surface area contributed by atoms with Crippen LogP contribution in [0.4, 0.5) is 13.2 Å². The number of alkyl halides is 3. The summed E-state index contributed by atoms with van der Waals surface area (Å²) in [5.74, 6) is 0.00697. The second-order valence-corrected chi connectivity index (χ2v) is 6.58. The summed E-state index contributed by atoms with van der Waals surface area (Å²) in [7, 11) is -0.879. The highest BCUT2D eigenvalue weighted by Crippen LogP contribution is 2.34. The van der Waals surface area contributed by atoms with Crippen molar-refractivity contribution >= 4 is 16.1 Å². The normalized spacial score (nSPS) is 18.8. The van der Waals surface area contributed by atoms with Gasteiger partial charge in [-0.2, -0.15) is 13.2 Å². The topological polar surface area (TPSA) is 46.6 Å². The van der Waals surface area contributed by atoms with Crippen LogP contribution in [0, 0.1) is 0 Å². The van der Waals surface area contributed by atoms with Crippen molar-refractivity contribution in [3.63, 3.8) is 0 Å². The van der Waals surface area contributed by atoms with E-state index in [-0.39, 0.29) is 10.6 Å². The number of nitrogens with zero attached hydrogens (tertiary/aromatic N) is 1. The van der Waals surface area contributed by atoms with Gasteiger partial charge in [-0.3, -0.25) is 0 Å². The van der Waals surface area contributed by atoms with E-state index in [1.54, 1.807) is 0 Å². The Balaban J connectivity index is 2.39. The van der Waals surface area contributed by atoms with E-state index in [4.69, 9.17) is 4.74 Å². The molecule has 20 heavy (non-hydrogen) atoms. The molecule has 0 bridgehead atoms. The summed E-state index contributed by atoms with van der Waals surface area (Å²) < 4.78 is 67.3. The summed E-state index contributed by atoms with van der Waals surface area (Å²) in [4.78, 5) is -0.0000383. The maximum Gasteiger partial charge on any atom is 0.429 e. The standard InChI is InChI=1S/C12H12F3NO3S/c1-16(2)20(17,18)9-4-5-10-8(7-9)3-6-11(19-10)12(13,14)15/h3-7,11H,1-2H3. The summed E-state index contributed by atoms with van der Waals surface area (Å²) in [6, 6.07) is 3.74. The van der Waals surface area contributed by atoms with Crippen molar-refractivity contribution < 1.29 is 26.3 Å². The molecule has 8 heteroatoms. The molecule has 1 aliphatic rings. The van der Waals surface area contributed by atoms with Crippen molar-refractivity contribution in [3.05, 3.63) is 29.8 Å². The Labute approximate surface area is 114 Å². The zero-order chi connectivity index (χ0) is 15.1. The summed E-state index contributed by atoms with van der Waals surface area (Å²) >= 11 is 0. The minimum Gasteiger partial charge on any atom is -0.476 e. The van der Waals surface area contributed by atoms with E-state index in [9.17, 15) is 21.6 Å². The third-order valence-electron chi connectivity index (χ3n) is 2.79. The van der Waals surface area contributed by atoms with E-state index >= 15 is 0 Å². The SMILES string of the molecule is CN(C)S(=O)(=O)c1ccc2c(c1)C=CC(C(F)(F)F)O2. The van der Waals surface area contributed by atoms with Gasteiger partial charge >= 0.3 is 6.18 Å². The molecule has 1 heterocycles. The van der Waals surface area contributed by atoms with Crippen molar-refractivity contribution in [3.8, 4) is 5.75 Å². The average Bonchev–Trinajstić information content (AvgIpc) is 2.36. The second-order valence-electron chi connectivity index (χ2n) is 4.43. The molecular formula is C12H12F3NO3S. The number of hydrogen-bond acceptors (Lipinski definition) is 3. The molecule has 0 spiro atoms. The first-order valence-corrected chi connectivity index (χ1v) is 7.04. The van der Waals surface area contributed by atoms with Crippen LogP contribution in [0.1, 0.15) is 5.56 Å². The molecule has 0 saturated carbocycles. The van der Waals surface area contributed by atoms with Crippen LogP contribution in [0.5, 0.6) is 5.75 Å². The van der Waals surface area contributed by atoms with Gasteiger partial charge in [0.15, 0.2) is 0 Å². The van der Waals surface area contributed by atoms with E-state index in [0.717, 1.165) is 10.4 Å². The highest BCUT2D eigenvalue weighted by molar-refractivity contribution is 7.89.